The molecule has 9 N–H and O–H groups in total. The zero-order valence-electron chi connectivity index (χ0n) is 21.7. The number of nitrogens with two attached hydrogens (primary N) is 2. The quantitative estimate of drug-likeness (QED) is 0.159. The molecule has 2 rings (SSSR count). The summed E-state index contributed by atoms with van der Waals surface area (Å²) in [5.74, 6) is -4.16. The number of aromatic nitrogens is 1. The van der Waals surface area contributed by atoms with Crippen LogP contribution >= 0.6 is 11.8 Å². The number of carboxylic acid groups (broad SMARTS) is 1. The summed E-state index contributed by atoms with van der Waals surface area (Å²) in [6, 6.07) is 3.02. The summed E-state index contributed by atoms with van der Waals surface area (Å²) in [5, 5.41) is 17.7. The highest BCUT2D eigenvalue weighted by atomic mass is 32.2. The number of carbonyl (C=O) groups excluding carboxylic acids is 4. The molecule has 0 spiro atoms. The number of hydrogen-bond donors (Lipinski definition) is 7. The number of primary amides is 1. The van der Waals surface area contributed by atoms with Gasteiger partial charge in [0.25, 0.3) is 0 Å². The van der Waals surface area contributed by atoms with Crippen molar-refractivity contribution in [1.29, 1.82) is 0 Å². The van der Waals surface area contributed by atoms with Crippen molar-refractivity contribution in [3.63, 3.8) is 0 Å². The van der Waals surface area contributed by atoms with Crippen molar-refractivity contribution in [2.75, 3.05) is 12.0 Å². The third-order valence-corrected chi connectivity index (χ3v) is 6.62. The molecule has 1 aromatic heterocycles. The number of rotatable bonds is 15. The fourth-order valence-corrected chi connectivity index (χ4v) is 4.36. The first kappa shape index (κ1) is 30.6. The molecule has 0 radical (unpaired) electrons. The van der Waals surface area contributed by atoms with Crippen LogP contribution in [-0.2, 0) is 30.4 Å². The number of H-pyrrole nitrogens is 1. The second-order valence-electron chi connectivity index (χ2n) is 9.30. The number of amides is 4. The van der Waals surface area contributed by atoms with Gasteiger partial charge in [-0.25, -0.2) is 0 Å². The van der Waals surface area contributed by atoms with Gasteiger partial charge in [0.05, 0.1) is 12.5 Å². The topological polar surface area (TPSA) is 209 Å². The highest BCUT2D eigenvalue weighted by Crippen LogP contribution is 2.19. The Kier molecular flexibility index (Phi) is 11.6. The highest BCUT2D eigenvalue weighted by Gasteiger charge is 2.32. The molecule has 1 aromatic carbocycles. The van der Waals surface area contributed by atoms with Crippen LogP contribution in [0, 0.1) is 5.92 Å². The van der Waals surface area contributed by atoms with Gasteiger partial charge in [0.15, 0.2) is 0 Å². The zero-order chi connectivity index (χ0) is 28.4. The van der Waals surface area contributed by atoms with E-state index in [1.807, 2.05) is 30.5 Å². The van der Waals surface area contributed by atoms with Crippen LogP contribution < -0.4 is 27.4 Å². The van der Waals surface area contributed by atoms with Gasteiger partial charge in [0, 0.05) is 17.1 Å². The number of para-hydroxylation sites is 1. The minimum atomic E-state index is -1.49. The molecule has 0 fully saturated rings. The van der Waals surface area contributed by atoms with Gasteiger partial charge in [-0.15, -0.1) is 0 Å². The molecule has 0 unspecified atom stereocenters. The molecule has 12 nitrogen and oxygen atoms in total. The Labute approximate surface area is 225 Å². The van der Waals surface area contributed by atoms with Crippen molar-refractivity contribution in [2.45, 2.75) is 57.3 Å². The van der Waals surface area contributed by atoms with Crippen LogP contribution in [0.2, 0.25) is 0 Å². The average Bonchev–Trinajstić information content (AvgIpc) is 3.26. The highest BCUT2D eigenvalue weighted by molar-refractivity contribution is 7.98. The summed E-state index contributed by atoms with van der Waals surface area (Å²) in [6.07, 6.45) is 3.32. The summed E-state index contributed by atoms with van der Waals surface area (Å²) in [5.41, 5.74) is 13.2. The molecule has 2 aromatic rings. The molecule has 0 aliphatic carbocycles. The summed E-state index contributed by atoms with van der Waals surface area (Å²) in [4.78, 5) is 65.0. The van der Waals surface area contributed by atoms with Crippen molar-refractivity contribution < 1.29 is 29.1 Å². The molecule has 1 heterocycles. The molecule has 208 valence electrons. The molecule has 0 aliphatic rings. The van der Waals surface area contributed by atoms with E-state index in [4.69, 9.17) is 11.5 Å². The summed E-state index contributed by atoms with van der Waals surface area (Å²) in [6.45, 7) is 3.32. The Hall–Kier alpha value is -3.58. The number of aromatic amines is 1. The maximum absolute atomic E-state index is 13.1. The van der Waals surface area contributed by atoms with E-state index in [1.165, 1.54) is 11.8 Å². The maximum atomic E-state index is 13.1. The second kappa shape index (κ2) is 14.4. The van der Waals surface area contributed by atoms with Crippen molar-refractivity contribution in [2.24, 2.45) is 17.4 Å². The number of thioether (sulfide) groups is 1. The van der Waals surface area contributed by atoms with Gasteiger partial charge < -0.3 is 37.5 Å². The van der Waals surface area contributed by atoms with Gasteiger partial charge in [-0.3, -0.25) is 24.0 Å². The number of aliphatic carboxylic acids is 1. The normalized spacial score (nSPS) is 14.3. The number of carboxylic acids is 1. The van der Waals surface area contributed by atoms with Crippen molar-refractivity contribution in [1.82, 2.24) is 20.9 Å². The Morgan fingerprint density at radius 1 is 1.00 bits per heavy atom. The van der Waals surface area contributed by atoms with E-state index in [0.29, 0.717) is 5.75 Å². The maximum Gasteiger partial charge on any atom is 0.305 e. The lowest BCUT2D eigenvalue weighted by atomic mass is 10.0. The lowest BCUT2D eigenvalue weighted by Gasteiger charge is -2.25. The smallest absolute Gasteiger partial charge is 0.305 e. The Balaban J connectivity index is 2.13. The Bertz CT molecular complexity index is 1150. The van der Waals surface area contributed by atoms with E-state index in [9.17, 15) is 29.1 Å². The van der Waals surface area contributed by atoms with E-state index in [-0.39, 0.29) is 18.8 Å². The monoisotopic (exact) mass is 548 g/mol. The van der Waals surface area contributed by atoms with Crippen molar-refractivity contribution >= 4 is 52.3 Å². The van der Waals surface area contributed by atoms with Gasteiger partial charge in [-0.1, -0.05) is 32.0 Å². The number of hydrogen-bond acceptors (Lipinski definition) is 7. The molecule has 4 atom stereocenters. The van der Waals surface area contributed by atoms with Crippen LogP contribution in [-0.4, -0.2) is 75.9 Å². The summed E-state index contributed by atoms with van der Waals surface area (Å²) >= 11 is 1.45. The molecular formula is C25H36N6O6S. The molecule has 0 bridgehead atoms. The van der Waals surface area contributed by atoms with Crippen molar-refractivity contribution in [3.05, 3.63) is 36.0 Å². The molecule has 4 amide bonds. The van der Waals surface area contributed by atoms with Gasteiger partial charge in [0.1, 0.15) is 18.1 Å². The molecule has 0 aliphatic heterocycles. The third-order valence-electron chi connectivity index (χ3n) is 5.98. The molecule has 0 saturated heterocycles. The molecular weight excluding hydrogens is 512 g/mol. The van der Waals surface area contributed by atoms with Crippen LogP contribution in [0.5, 0.6) is 0 Å². The van der Waals surface area contributed by atoms with Crippen LogP contribution in [0.4, 0.5) is 0 Å². The van der Waals surface area contributed by atoms with E-state index >= 15 is 0 Å². The zero-order valence-corrected chi connectivity index (χ0v) is 22.5. The lowest BCUT2D eigenvalue weighted by molar-refractivity contribution is -0.141. The summed E-state index contributed by atoms with van der Waals surface area (Å²) in [7, 11) is 0. The number of fused-ring (bicyclic) bond motifs is 1. The minimum Gasteiger partial charge on any atom is -0.481 e. The first-order chi connectivity index (χ1) is 17.9. The second-order valence-corrected chi connectivity index (χ2v) is 10.3. The average molecular weight is 549 g/mol. The minimum absolute atomic E-state index is 0.218. The van der Waals surface area contributed by atoms with Crippen LogP contribution in [0.25, 0.3) is 10.9 Å². The van der Waals surface area contributed by atoms with Crippen LogP contribution in [0.1, 0.15) is 32.3 Å². The number of carbonyl (C=O) groups is 5. The predicted octanol–water partition coefficient (Wildman–Crippen LogP) is -0.139. The SMILES string of the molecule is CSCC[C@H](NC(=O)[C@@H](N)Cc1c[nH]c2ccccc12)C(=O)N[C@@H](CC(=O)O)C(=O)N[C@@H](C(N)=O)C(C)C. The fraction of sp³-hybridized carbons (Fsp3) is 0.480. The molecule has 0 saturated carbocycles. The van der Waals surface area contributed by atoms with Gasteiger partial charge in [-0.2, -0.15) is 11.8 Å². The predicted molar refractivity (Wildman–Crippen MR) is 145 cm³/mol. The van der Waals surface area contributed by atoms with Crippen LogP contribution in [0.3, 0.4) is 0 Å². The van der Waals surface area contributed by atoms with Gasteiger partial charge in [-0.05, 0) is 42.4 Å². The van der Waals surface area contributed by atoms with E-state index < -0.39 is 60.2 Å². The first-order valence-corrected chi connectivity index (χ1v) is 13.6. The Morgan fingerprint density at radius 2 is 1.63 bits per heavy atom. The standard InChI is InChI=1S/C25H36N6O6S/c1-13(2)21(22(27)34)31-25(37)19(11-20(32)33)30-24(36)18(8-9-38-3)29-23(35)16(26)10-14-12-28-17-7-5-4-6-15(14)17/h4-7,12-13,16,18-19,21,28H,8-11,26H2,1-3H3,(H2,27,34)(H,29,35)(H,30,36)(H,31,37)(H,32,33)/t16-,18-,19-,21+/m0/s1. The largest absolute Gasteiger partial charge is 0.481 e. The van der Waals surface area contributed by atoms with E-state index in [1.54, 1.807) is 20.0 Å². The summed E-state index contributed by atoms with van der Waals surface area (Å²) < 4.78 is 0. The first-order valence-electron chi connectivity index (χ1n) is 12.2. The third kappa shape index (κ3) is 8.77. The number of nitrogens with one attached hydrogen (secondary N) is 4. The lowest BCUT2D eigenvalue weighted by Crippen LogP contribution is -2.58. The van der Waals surface area contributed by atoms with Gasteiger partial charge in [0.2, 0.25) is 23.6 Å². The molecule has 38 heavy (non-hydrogen) atoms. The molecule has 13 heteroatoms. The van der Waals surface area contributed by atoms with Crippen molar-refractivity contribution in [3.8, 4) is 0 Å². The Morgan fingerprint density at radius 3 is 2.24 bits per heavy atom. The van der Waals surface area contributed by atoms with Crippen LogP contribution in [0.15, 0.2) is 30.5 Å². The van der Waals surface area contributed by atoms with E-state index in [0.717, 1.165) is 16.5 Å². The van der Waals surface area contributed by atoms with Gasteiger partial charge >= 0.3 is 5.97 Å². The van der Waals surface area contributed by atoms with E-state index in [2.05, 4.69) is 20.9 Å². The number of benzene rings is 1. The fourth-order valence-electron chi connectivity index (χ4n) is 3.89.